The van der Waals surface area contributed by atoms with E-state index in [0.717, 1.165) is 5.69 Å². The van der Waals surface area contributed by atoms with Gasteiger partial charge in [-0.3, -0.25) is 9.20 Å². The standard InChI is InChI=1S/C22H24F2N6O4/c1-2-33-14-30-21(32)29-6-3-16(12-18(29)26-30)28-9-10-34-17-11-15(13-25-19(17)28)20(31)27-7-4-22(23,24)5-8-27/h3,6,11-13H,2,4-5,7-10,14H2,1H3. The molecule has 0 spiro atoms. The van der Waals surface area contributed by atoms with E-state index in [4.69, 9.17) is 9.47 Å². The minimum absolute atomic E-state index is 0.00518. The molecular weight excluding hydrogens is 450 g/mol. The van der Waals surface area contributed by atoms with Crippen molar-refractivity contribution in [3.63, 3.8) is 0 Å². The van der Waals surface area contributed by atoms with Crippen molar-refractivity contribution in [1.82, 2.24) is 24.1 Å². The Morgan fingerprint density at radius 3 is 2.79 bits per heavy atom. The number of likely N-dealkylation sites (tertiary alicyclic amines) is 1. The molecule has 2 aliphatic rings. The number of rotatable bonds is 5. The monoisotopic (exact) mass is 474 g/mol. The van der Waals surface area contributed by atoms with E-state index >= 15 is 0 Å². The molecule has 0 bridgehead atoms. The lowest BCUT2D eigenvalue weighted by Crippen LogP contribution is -2.42. The van der Waals surface area contributed by atoms with Crippen molar-refractivity contribution in [2.45, 2.75) is 32.4 Å². The van der Waals surface area contributed by atoms with Crippen molar-refractivity contribution in [1.29, 1.82) is 0 Å². The lowest BCUT2D eigenvalue weighted by molar-refractivity contribution is -0.0494. The summed E-state index contributed by atoms with van der Waals surface area (Å²) in [5, 5.41) is 4.32. The molecule has 0 saturated carbocycles. The molecule has 1 fully saturated rings. The Kier molecular flexibility index (Phi) is 5.68. The second kappa shape index (κ2) is 8.67. The van der Waals surface area contributed by atoms with Gasteiger partial charge >= 0.3 is 5.69 Å². The van der Waals surface area contributed by atoms with Crippen LogP contribution in [0.5, 0.6) is 5.75 Å². The number of alkyl halides is 2. The molecular formula is C22H24F2N6O4. The van der Waals surface area contributed by atoms with Gasteiger partial charge in [-0.1, -0.05) is 0 Å². The number of carbonyl (C=O) groups excluding carboxylic acids is 1. The van der Waals surface area contributed by atoms with Crippen molar-refractivity contribution in [2.75, 3.05) is 37.7 Å². The lowest BCUT2D eigenvalue weighted by Gasteiger charge is -2.32. The summed E-state index contributed by atoms with van der Waals surface area (Å²) in [6.45, 7) is 3.26. The maximum Gasteiger partial charge on any atom is 0.352 e. The first-order chi connectivity index (χ1) is 16.4. The van der Waals surface area contributed by atoms with Gasteiger partial charge in [0.25, 0.3) is 11.8 Å². The van der Waals surface area contributed by atoms with Gasteiger partial charge in [0.15, 0.2) is 17.2 Å². The Labute approximate surface area is 193 Å². The van der Waals surface area contributed by atoms with Crippen LogP contribution >= 0.6 is 0 Å². The number of aromatic nitrogens is 4. The van der Waals surface area contributed by atoms with Crippen molar-refractivity contribution < 1.29 is 23.0 Å². The van der Waals surface area contributed by atoms with Gasteiger partial charge < -0.3 is 19.3 Å². The van der Waals surface area contributed by atoms with E-state index in [-0.39, 0.29) is 44.3 Å². The van der Waals surface area contributed by atoms with Crippen molar-refractivity contribution in [3.8, 4) is 5.75 Å². The molecule has 34 heavy (non-hydrogen) atoms. The molecule has 1 saturated heterocycles. The fourth-order valence-electron chi connectivity index (χ4n) is 4.12. The summed E-state index contributed by atoms with van der Waals surface area (Å²) >= 11 is 0. The van der Waals surface area contributed by atoms with E-state index in [2.05, 4.69) is 10.1 Å². The summed E-state index contributed by atoms with van der Waals surface area (Å²) in [6, 6.07) is 5.15. The molecule has 2 aliphatic heterocycles. The average molecular weight is 474 g/mol. The Hall–Kier alpha value is -3.54. The highest BCUT2D eigenvalue weighted by atomic mass is 19.3. The van der Waals surface area contributed by atoms with Crippen LogP contribution in [0.25, 0.3) is 5.65 Å². The Bertz CT molecular complexity index is 1280. The van der Waals surface area contributed by atoms with Crippen LogP contribution in [-0.4, -0.2) is 68.7 Å². The molecule has 5 rings (SSSR count). The second-order valence-corrected chi connectivity index (χ2v) is 8.21. The van der Waals surface area contributed by atoms with Gasteiger partial charge in [0.05, 0.1) is 12.1 Å². The third-order valence-corrected chi connectivity index (χ3v) is 5.99. The molecule has 0 radical (unpaired) electrons. The normalized spacial score (nSPS) is 17.5. The van der Waals surface area contributed by atoms with Crippen molar-refractivity contribution in [3.05, 3.63) is 46.6 Å². The topological polar surface area (TPSA) is 94.2 Å². The molecule has 0 N–H and O–H groups in total. The molecule has 0 atom stereocenters. The number of carbonyl (C=O) groups is 1. The highest BCUT2D eigenvalue weighted by molar-refractivity contribution is 5.95. The van der Waals surface area contributed by atoms with E-state index < -0.39 is 5.92 Å². The molecule has 10 nitrogen and oxygen atoms in total. The average Bonchev–Trinajstić information content (AvgIpc) is 3.16. The summed E-state index contributed by atoms with van der Waals surface area (Å²) in [7, 11) is 0. The number of halogens is 2. The Morgan fingerprint density at radius 1 is 1.24 bits per heavy atom. The number of fused-ring (bicyclic) bond motifs is 2. The van der Waals surface area contributed by atoms with Crippen LogP contribution in [-0.2, 0) is 11.5 Å². The zero-order valence-corrected chi connectivity index (χ0v) is 18.6. The number of hydrogen-bond acceptors (Lipinski definition) is 7. The van der Waals surface area contributed by atoms with E-state index in [9.17, 15) is 18.4 Å². The van der Waals surface area contributed by atoms with Gasteiger partial charge in [0, 0.05) is 56.7 Å². The molecule has 5 heterocycles. The first-order valence-electron chi connectivity index (χ1n) is 11.1. The molecule has 180 valence electrons. The van der Waals surface area contributed by atoms with Crippen LogP contribution in [0, 0.1) is 0 Å². The van der Waals surface area contributed by atoms with E-state index in [1.807, 2.05) is 11.8 Å². The SMILES string of the molecule is CCOCn1nc2cc(N3CCOc4cc(C(=O)N5CCC(F)(F)CC5)cnc43)ccn2c1=O. The van der Waals surface area contributed by atoms with Gasteiger partial charge in [-0.25, -0.2) is 18.6 Å². The predicted octanol–water partition coefficient (Wildman–Crippen LogP) is 2.29. The number of ether oxygens (including phenoxy) is 2. The third-order valence-electron chi connectivity index (χ3n) is 5.99. The molecule has 0 unspecified atom stereocenters. The third kappa shape index (κ3) is 4.09. The molecule has 12 heteroatoms. The highest BCUT2D eigenvalue weighted by Crippen LogP contribution is 2.36. The number of amides is 1. The van der Waals surface area contributed by atoms with Gasteiger partial charge in [-0.2, -0.15) is 4.68 Å². The fraction of sp³-hybridized carbons (Fsp3) is 0.455. The maximum atomic E-state index is 13.4. The van der Waals surface area contributed by atoms with Crippen LogP contribution in [0.4, 0.5) is 20.3 Å². The number of pyridine rings is 2. The first kappa shape index (κ1) is 22.3. The number of hydrogen-bond donors (Lipinski definition) is 0. The predicted molar refractivity (Wildman–Crippen MR) is 118 cm³/mol. The zero-order chi connectivity index (χ0) is 23.9. The Morgan fingerprint density at radius 2 is 2.03 bits per heavy atom. The zero-order valence-electron chi connectivity index (χ0n) is 18.6. The second-order valence-electron chi connectivity index (χ2n) is 8.21. The van der Waals surface area contributed by atoms with Crippen LogP contribution in [0.2, 0.25) is 0 Å². The number of anilines is 2. The van der Waals surface area contributed by atoms with Crippen LogP contribution in [0.1, 0.15) is 30.1 Å². The van der Waals surface area contributed by atoms with E-state index in [0.29, 0.717) is 42.5 Å². The van der Waals surface area contributed by atoms with Crippen molar-refractivity contribution in [2.24, 2.45) is 0 Å². The minimum Gasteiger partial charge on any atom is -0.488 e. The Balaban J connectivity index is 1.40. The summed E-state index contributed by atoms with van der Waals surface area (Å²) in [6.07, 6.45) is 2.40. The smallest absolute Gasteiger partial charge is 0.352 e. The number of piperidine rings is 1. The molecule has 0 aliphatic carbocycles. The summed E-state index contributed by atoms with van der Waals surface area (Å²) in [5.74, 6) is -2.11. The van der Waals surface area contributed by atoms with E-state index in [1.165, 1.54) is 20.2 Å². The highest BCUT2D eigenvalue weighted by Gasteiger charge is 2.36. The van der Waals surface area contributed by atoms with Crippen LogP contribution in [0.3, 0.4) is 0 Å². The maximum absolute atomic E-state index is 13.4. The quantitative estimate of drug-likeness (QED) is 0.560. The van der Waals surface area contributed by atoms with Gasteiger partial charge in [0.2, 0.25) is 0 Å². The minimum atomic E-state index is -2.72. The van der Waals surface area contributed by atoms with Crippen LogP contribution < -0.4 is 15.3 Å². The first-order valence-corrected chi connectivity index (χ1v) is 11.1. The molecule has 3 aromatic rings. The number of nitrogens with zero attached hydrogens (tertiary/aromatic N) is 6. The molecule has 0 aromatic carbocycles. The summed E-state index contributed by atoms with van der Waals surface area (Å²) < 4.78 is 40.6. The lowest BCUT2D eigenvalue weighted by atomic mass is 10.1. The summed E-state index contributed by atoms with van der Waals surface area (Å²) in [4.78, 5) is 33.1. The van der Waals surface area contributed by atoms with Gasteiger partial charge in [-0.05, 0) is 19.1 Å². The van der Waals surface area contributed by atoms with Gasteiger partial charge in [-0.15, -0.1) is 5.10 Å². The van der Waals surface area contributed by atoms with Gasteiger partial charge in [0.1, 0.15) is 13.3 Å². The molecule has 1 amide bonds. The van der Waals surface area contributed by atoms with Crippen molar-refractivity contribution >= 4 is 23.1 Å². The van der Waals surface area contributed by atoms with E-state index in [1.54, 1.807) is 24.4 Å². The largest absolute Gasteiger partial charge is 0.488 e. The van der Waals surface area contributed by atoms with Crippen LogP contribution in [0.15, 0.2) is 35.4 Å². The molecule has 3 aromatic heterocycles. The summed E-state index contributed by atoms with van der Waals surface area (Å²) in [5.41, 5.74) is 1.22. The fourth-order valence-corrected chi connectivity index (χ4v) is 4.12.